The van der Waals surface area contributed by atoms with Gasteiger partial charge in [0.15, 0.2) is 0 Å². The van der Waals surface area contributed by atoms with Crippen LogP contribution >= 0.6 is 0 Å². The summed E-state index contributed by atoms with van der Waals surface area (Å²) in [6, 6.07) is 1.86. The van der Waals surface area contributed by atoms with Crippen molar-refractivity contribution in [2.24, 2.45) is 5.73 Å². The minimum absolute atomic E-state index is 0.147. The predicted octanol–water partition coefficient (Wildman–Crippen LogP) is 1.10. The summed E-state index contributed by atoms with van der Waals surface area (Å²) in [5.74, 6) is 0.307. The first-order valence-electron chi connectivity index (χ1n) is 6.46. The van der Waals surface area contributed by atoms with Crippen molar-refractivity contribution in [2.75, 3.05) is 13.1 Å². The number of nitrogens with one attached hydrogen (secondary N) is 1. The Balaban J connectivity index is 2.08. The topological polar surface area (TPSA) is 94.0 Å². The SMILES string of the molecule is Cc1noc2nc(C3CC3)cc(C(=O)NCCN)c12. The summed E-state index contributed by atoms with van der Waals surface area (Å²) in [4.78, 5) is 16.6. The molecular formula is C13H16N4O2. The number of hydrogen-bond acceptors (Lipinski definition) is 5. The maximum Gasteiger partial charge on any atom is 0.259 e. The molecule has 2 heterocycles. The molecule has 0 unspecified atom stereocenters. The van der Waals surface area contributed by atoms with Gasteiger partial charge in [-0.2, -0.15) is 0 Å². The lowest BCUT2D eigenvalue weighted by molar-refractivity contribution is 0.0956. The lowest BCUT2D eigenvalue weighted by Crippen LogP contribution is -2.29. The number of nitrogens with two attached hydrogens (primary N) is 1. The van der Waals surface area contributed by atoms with Crippen molar-refractivity contribution >= 4 is 17.0 Å². The Morgan fingerprint density at radius 2 is 2.37 bits per heavy atom. The van der Waals surface area contributed by atoms with Crippen molar-refractivity contribution in [1.82, 2.24) is 15.5 Å². The maximum atomic E-state index is 12.2. The van der Waals surface area contributed by atoms with E-state index in [0.29, 0.717) is 41.4 Å². The molecule has 0 bridgehead atoms. The van der Waals surface area contributed by atoms with Gasteiger partial charge >= 0.3 is 0 Å². The monoisotopic (exact) mass is 260 g/mol. The van der Waals surface area contributed by atoms with E-state index in [1.54, 1.807) is 0 Å². The quantitative estimate of drug-likeness (QED) is 0.858. The first kappa shape index (κ1) is 12.1. The Morgan fingerprint density at radius 1 is 1.58 bits per heavy atom. The summed E-state index contributed by atoms with van der Waals surface area (Å²) in [5.41, 5.74) is 8.04. The molecule has 1 fully saturated rings. The first-order chi connectivity index (χ1) is 9.20. The third kappa shape index (κ3) is 2.19. The van der Waals surface area contributed by atoms with Crippen LogP contribution in [0.3, 0.4) is 0 Å². The van der Waals surface area contributed by atoms with Crippen LogP contribution in [0.25, 0.3) is 11.1 Å². The minimum Gasteiger partial charge on any atom is -0.351 e. The lowest BCUT2D eigenvalue weighted by Gasteiger charge is -2.06. The number of hydrogen-bond donors (Lipinski definition) is 2. The van der Waals surface area contributed by atoms with Gasteiger partial charge in [-0.3, -0.25) is 4.79 Å². The van der Waals surface area contributed by atoms with E-state index in [4.69, 9.17) is 10.3 Å². The molecule has 3 N–H and O–H groups in total. The van der Waals surface area contributed by atoms with E-state index in [0.717, 1.165) is 18.5 Å². The van der Waals surface area contributed by atoms with E-state index in [9.17, 15) is 4.79 Å². The molecule has 0 spiro atoms. The van der Waals surface area contributed by atoms with Gasteiger partial charge in [-0.15, -0.1) is 0 Å². The smallest absolute Gasteiger partial charge is 0.259 e. The fraction of sp³-hybridized carbons (Fsp3) is 0.462. The van der Waals surface area contributed by atoms with Gasteiger partial charge in [-0.1, -0.05) is 5.16 Å². The molecule has 1 saturated carbocycles. The summed E-state index contributed by atoms with van der Waals surface area (Å²) in [6.07, 6.45) is 2.24. The Bertz CT molecular complexity index is 631. The Hall–Kier alpha value is -1.95. The molecule has 0 atom stereocenters. The van der Waals surface area contributed by atoms with E-state index >= 15 is 0 Å². The molecule has 0 radical (unpaired) electrons. The van der Waals surface area contributed by atoms with Crippen molar-refractivity contribution in [3.8, 4) is 0 Å². The van der Waals surface area contributed by atoms with E-state index < -0.39 is 0 Å². The van der Waals surface area contributed by atoms with Crippen molar-refractivity contribution in [3.05, 3.63) is 23.0 Å². The van der Waals surface area contributed by atoms with E-state index in [-0.39, 0.29) is 5.91 Å². The minimum atomic E-state index is -0.147. The lowest BCUT2D eigenvalue weighted by atomic mass is 10.1. The average molecular weight is 260 g/mol. The van der Waals surface area contributed by atoms with Gasteiger partial charge in [0.2, 0.25) is 0 Å². The second-order valence-corrected chi connectivity index (χ2v) is 4.86. The molecule has 2 aromatic heterocycles. The van der Waals surface area contributed by atoms with Crippen LogP contribution < -0.4 is 11.1 Å². The van der Waals surface area contributed by atoms with Crippen LogP contribution in [0, 0.1) is 6.92 Å². The van der Waals surface area contributed by atoms with Crippen molar-refractivity contribution in [3.63, 3.8) is 0 Å². The molecular weight excluding hydrogens is 244 g/mol. The summed E-state index contributed by atoms with van der Waals surface area (Å²) < 4.78 is 5.20. The Kier molecular flexibility index (Phi) is 2.94. The van der Waals surface area contributed by atoms with Crippen molar-refractivity contribution in [2.45, 2.75) is 25.7 Å². The third-order valence-electron chi connectivity index (χ3n) is 3.31. The number of aromatic nitrogens is 2. The van der Waals surface area contributed by atoms with Crippen molar-refractivity contribution < 1.29 is 9.32 Å². The molecule has 3 rings (SSSR count). The summed E-state index contributed by atoms with van der Waals surface area (Å²) >= 11 is 0. The zero-order valence-corrected chi connectivity index (χ0v) is 10.8. The molecule has 1 aliphatic carbocycles. The second kappa shape index (κ2) is 4.62. The number of fused-ring (bicyclic) bond motifs is 1. The maximum absolute atomic E-state index is 12.2. The molecule has 19 heavy (non-hydrogen) atoms. The first-order valence-corrected chi connectivity index (χ1v) is 6.46. The molecule has 0 saturated heterocycles. The number of carbonyl (C=O) groups excluding carboxylic acids is 1. The molecule has 0 aromatic carbocycles. The molecule has 1 amide bonds. The predicted molar refractivity (Wildman–Crippen MR) is 69.9 cm³/mol. The van der Waals surface area contributed by atoms with Gasteiger partial charge in [0.1, 0.15) is 0 Å². The van der Waals surface area contributed by atoms with Crippen LogP contribution in [0.4, 0.5) is 0 Å². The second-order valence-electron chi connectivity index (χ2n) is 4.86. The molecule has 6 nitrogen and oxygen atoms in total. The van der Waals surface area contributed by atoms with E-state index in [1.165, 1.54) is 0 Å². The number of carbonyl (C=O) groups is 1. The van der Waals surface area contributed by atoms with E-state index in [2.05, 4.69) is 15.5 Å². The van der Waals surface area contributed by atoms with Gasteiger partial charge < -0.3 is 15.6 Å². The molecule has 6 heteroatoms. The largest absolute Gasteiger partial charge is 0.351 e. The number of aryl methyl sites for hydroxylation is 1. The Morgan fingerprint density at radius 3 is 3.05 bits per heavy atom. The van der Waals surface area contributed by atoms with Crippen molar-refractivity contribution in [1.29, 1.82) is 0 Å². The third-order valence-corrected chi connectivity index (χ3v) is 3.31. The highest BCUT2D eigenvalue weighted by molar-refractivity contribution is 6.06. The highest BCUT2D eigenvalue weighted by Crippen LogP contribution is 2.40. The van der Waals surface area contributed by atoms with Crippen LogP contribution in [0.15, 0.2) is 10.6 Å². The average Bonchev–Trinajstić information content (AvgIpc) is 3.20. The normalized spacial score (nSPS) is 14.8. The highest BCUT2D eigenvalue weighted by Gasteiger charge is 2.28. The summed E-state index contributed by atoms with van der Waals surface area (Å²) in [6.45, 7) is 2.67. The van der Waals surface area contributed by atoms with E-state index in [1.807, 2.05) is 13.0 Å². The van der Waals surface area contributed by atoms with Crippen LogP contribution in [0.1, 0.15) is 40.5 Å². The fourth-order valence-electron chi connectivity index (χ4n) is 2.16. The van der Waals surface area contributed by atoms with Crippen LogP contribution in [0.2, 0.25) is 0 Å². The van der Waals surface area contributed by atoms with Crippen LogP contribution in [-0.2, 0) is 0 Å². The number of pyridine rings is 1. The van der Waals surface area contributed by atoms with Gasteiger partial charge in [0.05, 0.1) is 16.6 Å². The molecule has 100 valence electrons. The molecule has 1 aliphatic rings. The van der Waals surface area contributed by atoms with Crippen LogP contribution in [-0.4, -0.2) is 29.1 Å². The summed E-state index contributed by atoms with van der Waals surface area (Å²) in [5, 5.41) is 7.37. The van der Waals surface area contributed by atoms with Gasteiger partial charge in [-0.05, 0) is 25.8 Å². The number of nitrogens with zero attached hydrogens (tertiary/aromatic N) is 2. The highest BCUT2D eigenvalue weighted by atomic mass is 16.5. The van der Waals surface area contributed by atoms with Crippen LogP contribution in [0.5, 0.6) is 0 Å². The molecule has 2 aromatic rings. The van der Waals surface area contributed by atoms with Gasteiger partial charge in [-0.25, -0.2) is 4.98 Å². The Labute approximate surface area is 110 Å². The van der Waals surface area contributed by atoms with Gasteiger partial charge in [0.25, 0.3) is 11.6 Å². The zero-order chi connectivity index (χ0) is 13.4. The summed E-state index contributed by atoms with van der Waals surface area (Å²) in [7, 11) is 0. The number of amides is 1. The number of rotatable bonds is 4. The zero-order valence-electron chi connectivity index (χ0n) is 10.8. The fourth-order valence-corrected chi connectivity index (χ4v) is 2.16. The van der Waals surface area contributed by atoms with Gasteiger partial charge in [0, 0.05) is 24.7 Å². The molecule has 0 aliphatic heterocycles. The standard InChI is InChI=1S/C13H16N4O2/c1-7-11-9(12(18)15-5-4-14)6-10(8-2-3-8)16-13(11)19-17-7/h6,8H,2-5,14H2,1H3,(H,15,18).